The third-order valence-electron chi connectivity index (χ3n) is 4.40. The van der Waals surface area contributed by atoms with Crippen molar-refractivity contribution in [1.82, 2.24) is 15.2 Å². The molecule has 0 bridgehead atoms. The van der Waals surface area contributed by atoms with E-state index in [4.69, 9.17) is 11.6 Å². The van der Waals surface area contributed by atoms with Crippen molar-refractivity contribution >= 4 is 34.9 Å². The molecule has 27 heavy (non-hydrogen) atoms. The van der Waals surface area contributed by atoms with E-state index >= 15 is 0 Å². The molecule has 7 nitrogen and oxygen atoms in total. The van der Waals surface area contributed by atoms with E-state index in [1.54, 1.807) is 36.4 Å². The highest BCUT2D eigenvalue weighted by molar-refractivity contribution is 6.30. The Labute approximate surface area is 163 Å². The summed E-state index contributed by atoms with van der Waals surface area (Å²) in [7, 11) is 0. The van der Waals surface area contributed by atoms with Gasteiger partial charge in [-0.05, 0) is 37.3 Å². The summed E-state index contributed by atoms with van der Waals surface area (Å²) in [5.74, 6) is -0.283. The van der Waals surface area contributed by atoms with Crippen LogP contribution in [0.25, 0.3) is 0 Å². The second-order valence-electron chi connectivity index (χ2n) is 6.36. The third kappa shape index (κ3) is 5.10. The highest BCUT2D eigenvalue weighted by Gasteiger charge is 2.24. The van der Waals surface area contributed by atoms with Gasteiger partial charge >= 0.3 is 6.03 Å². The predicted molar refractivity (Wildman–Crippen MR) is 106 cm³/mol. The highest BCUT2D eigenvalue weighted by Crippen LogP contribution is 2.20. The SMILES string of the molecule is C[C@H](NC(=O)N1CCN(c2cccc(Cl)c2)CC1)C(=O)Nc1cccnc1. The number of urea groups is 1. The first-order valence-corrected chi connectivity index (χ1v) is 9.17. The minimum atomic E-state index is -0.649. The van der Waals surface area contributed by atoms with Crippen LogP contribution in [0.3, 0.4) is 0 Å². The van der Waals surface area contributed by atoms with Crippen molar-refractivity contribution in [2.45, 2.75) is 13.0 Å². The van der Waals surface area contributed by atoms with Gasteiger partial charge in [0.15, 0.2) is 0 Å². The van der Waals surface area contributed by atoms with Crippen molar-refractivity contribution < 1.29 is 9.59 Å². The zero-order chi connectivity index (χ0) is 19.2. The molecule has 0 unspecified atom stereocenters. The third-order valence-corrected chi connectivity index (χ3v) is 4.64. The van der Waals surface area contributed by atoms with Crippen molar-refractivity contribution in [2.75, 3.05) is 36.4 Å². The number of nitrogens with zero attached hydrogens (tertiary/aromatic N) is 3. The smallest absolute Gasteiger partial charge is 0.318 e. The quantitative estimate of drug-likeness (QED) is 0.845. The maximum Gasteiger partial charge on any atom is 0.318 e. The Morgan fingerprint density at radius 3 is 2.59 bits per heavy atom. The second kappa shape index (κ2) is 8.73. The molecule has 1 saturated heterocycles. The summed E-state index contributed by atoms with van der Waals surface area (Å²) >= 11 is 6.05. The number of rotatable bonds is 4. The number of nitrogens with one attached hydrogen (secondary N) is 2. The molecule has 1 aromatic carbocycles. The van der Waals surface area contributed by atoms with Gasteiger partial charge in [0.1, 0.15) is 6.04 Å². The molecule has 2 heterocycles. The van der Waals surface area contributed by atoms with Crippen LogP contribution < -0.4 is 15.5 Å². The number of hydrogen-bond acceptors (Lipinski definition) is 4. The van der Waals surface area contributed by atoms with Gasteiger partial charge in [-0.15, -0.1) is 0 Å². The minimum Gasteiger partial charge on any atom is -0.368 e. The Kier molecular flexibility index (Phi) is 6.13. The van der Waals surface area contributed by atoms with E-state index in [0.717, 1.165) is 5.69 Å². The molecule has 2 aromatic rings. The van der Waals surface area contributed by atoms with Gasteiger partial charge in [0, 0.05) is 43.1 Å². The lowest BCUT2D eigenvalue weighted by Crippen LogP contribution is -2.54. The normalized spacial score (nSPS) is 15.2. The Bertz CT molecular complexity index is 794. The van der Waals surface area contributed by atoms with Crippen LogP contribution in [0.2, 0.25) is 5.02 Å². The lowest BCUT2D eigenvalue weighted by atomic mass is 10.2. The van der Waals surface area contributed by atoms with Crippen molar-refractivity contribution in [2.24, 2.45) is 0 Å². The Morgan fingerprint density at radius 2 is 1.93 bits per heavy atom. The molecule has 0 saturated carbocycles. The fourth-order valence-corrected chi connectivity index (χ4v) is 3.05. The number of piperazine rings is 1. The Hall–Kier alpha value is -2.80. The molecule has 0 aliphatic carbocycles. The molecule has 142 valence electrons. The summed E-state index contributed by atoms with van der Waals surface area (Å²) in [6.45, 7) is 4.24. The Balaban J connectivity index is 1.48. The standard InChI is InChI=1S/C19H22ClN5O2/c1-14(18(26)23-16-5-3-7-21-13-16)22-19(27)25-10-8-24(9-11-25)17-6-2-4-15(20)12-17/h2-7,12-14H,8-11H2,1H3,(H,22,27)(H,23,26)/t14-/m0/s1. The van der Waals surface area contributed by atoms with Crippen molar-refractivity contribution in [3.05, 3.63) is 53.8 Å². The first kappa shape index (κ1) is 19.0. The molecule has 1 aliphatic heterocycles. The fraction of sp³-hybridized carbons (Fsp3) is 0.316. The van der Waals surface area contributed by atoms with Crippen LogP contribution >= 0.6 is 11.6 Å². The molecule has 2 N–H and O–H groups in total. The van der Waals surface area contributed by atoms with Crippen LogP contribution in [0.4, 0.5) is 16.2 Å². The molecule has 0 radical (unpaired) electrons. The molecule has 1 aromatic heterocycles. The molecule has 3 rings (SSSR count). The Morgan fingerprint density at radius 1 is 1.15 bits per heavy atom. The van der Waals surface area contributed by atoms with Gasteiger partial charge in [-0.3, -0.25) is 9.78 Å². The fourth-order valence-electron chi connectivity index (χ4n) is 2.87. The minimum absolute atomic E-state index is 0.241. The first-order valence-electron chi connectivity index (χ1n) is 8.80. The zero-order valence-corrected chi connectivity index (χ0v) is 15.8. The van der Waals surface area contributed by atoms with E-state index < -0.39 is 6.04 Å². The van der Waals surface area contributed by atoms with Gasteiger partial charge < -0.3 is 20.4 Å². The topological polar surface area (TPSA) is 77.6 Å². The molecule has 1 fully saturated rings. The van der Waals surface area contributed by atoms with Crippen molar-refractivity contribution in [1.29, 1.82) is 0 Å². The van der Waals surface area contributed by atoms with Gasteiger partial charge in [0.25, 0.3) is 0 Å². The van der Waals surface area contributed by atoms with Crippen molar-refractivity contribution in [3.63, 3.8) is 0 Å². The predicted octanol–water partition coefficient (Wildman–Crippen LogP) is 2.59. The first-order chi connectivity index (χ1) is 13.0. The number of carbonyl (C=O) groups is 2. The molecule has 8 heteroatoms. The highest BCUT2D eigenvalue weighted by atomic mass is 35.5. The van der Waals surface area contributed by atoms with E-state index in [1.807, 2.05) is 24.3 Å². The largest absolute Gasteiger partial charge is 0.368 e. The number of hydrogen-bond donors (Lipinski definition) is 2. The lowest BCUT2D eigenvalue weighted by molar-refractivity contribution is -0.117. The van der Waals surface area contributed by atoms with Crippen molar-refractivity contribution in [3.8, 4) is 0 Å². The van der Waals surface area contributed by atoms with Gasteiger partial charge in [-0.2, -0.15) is 0 Å². The number of anilines is 2. The monoisotopic (exact) mass is 387 g/mol. The van der Waals surface area contributed by atoms with Gasteiger partial charge in [0.2, 0.25) is 5.91 Å². The average molecular weight is 388 g/mol. The van der Waals surface area contributed by atoms with E-state index in [0.29, 0.717) is 36.9 Å². The van der Waals surface area contributed by atoms with Crippen LogP contribution in [-0.4, -0.2) is 54.0 Å². The van der Waals surface area contributed by atoms with Crippen LogP contribution in [0.5, 0.6) is 0 Å². The van der Waals surface area contributed by atoms with E-state index in [2.05, 4.69) is 20.5 Å². The zero-order valence-electron chi connectivity index (χ0n) is 15.1. The number of halogens is 1. The summed E-state index contributed by atoms with van der Waals surface area (Å²) in [4.78, 5) is 32.5. The second-order valence-corrected chi connectivity index (χ2v) is 6.79. The molecular formula is C19H22ClN5O2. The summed E-state index contributed by atoms with van der Waals surface area (Å²) in [6, 6.07) is 10.3. The number of benzene rings is 1. The van der Waals surface area contributed by atoms with Crippen LogP contribution in [-0.2, 0) is 4.79 Å². The van der Waals surface area contributed by atoms with Gasteiger partial charge in [0.05, 0.1) is 11.9 Å². The maximum absolute atomic E-state index is 12.4. The number of aromatic nitrogens is 1. The van der Waals surface area contributed by atoms with Crippen LogP contribution in [0.15, 0.2) is 48.8 Å². The van der Waals surface area contributed by atoms with E-state index in [-0.39, 0.29) is 11.9 Å². The summed E-state index contributed by atoms with van der Waals surface area (Å²) < 4.78 is 0. The van der Waals surface area contributed by atoms with E-state index in [1.165, 1.54) is 0 Å². The van der Waals surface area contributed by atoms with Crippen LogP contribution in [0, 0.1) is 0 Å². The van der Waals surface area contributed by atoms with Crippen LogP contribution in [0.1, 0.15) is 6.92 Å². The van der Waals surface area contributed by atoms with Gasteiger partial charge in [-0.1, -0.05) is 17.7 Å². The lowest BCUT2D eigenvalue weighted by Gasteiger charge is -2.36. The number of amides is 3. The summed E-state index contributed by atoms with van der Waals surface area (Å²) in [5.41, 5.74) is 1.64. The maximum atomic E-state index is 12.4. The van der Waals surface area contributed by atoms with E-state index in [9.17, 15) is 9.59 Å². The summed E-state index contributed by atoms with van der Waals surface area (Å²) in [6.07, 6.45) is 3.19. The molecule has 1 atom stereocenters. The number of carbonyl (C=O) groups excluding carboxylic acids is 2. The summed E-state index contributed by atoms with van der Waals surface area (Å²) in [5, 5.41) is 6.17. The molecule has 1 aliphatic rings. The molecule has 3 amide bonds. The van der Waals surface area contributed by atoms with Gasteiger partial charge in [-0.25, -0.2) is 4.79 Å². The average Bonchev–Trinajstić information content (AvgIpc) is 2.69. The molecular weight excluding hydrogens is 366 g/mol. The molecule has 0 spiro atoms. The number of pyridine rings is 1.